The number of rotatable bonds is 3. The molecule has 0 aromatic heterocycles. The van der Waals surface area contributed by atoms with E-state index in [0.717, 1.165) is 24.3 Å². The molecule has 0 fully saturated rings. The molecule has 0 aliphatic rings. The second-order valence-electron chi connectivity index (χ2n) is 3.85. The summed E-state index contributed by atoms with van der Waals surface area (Å²) in [4.78, 5) is 10.7. The first-order chi connectivity index (χ1) is 9.38. The van der Waals surface area contributed by atoms with Gasteiger partial charge in [0.2, 0.25) is 0 Å². The first kappa shape index (κ1) is 14.1. The molecule has 3 N–H and O–H groups in total. The minimum atomic E-state index is -1.44. The maximum atomic E-state index is 13.5. The highest BCUT2D eigenvalue weighted by molar-refractivity contribution is 6.32. The quantitative estimate of drug-likeness (QED) is 0.848. The third kappa shape index (κ3) is 2.80. The van der Waals surface area contributed by atoms with Gasteiger partial charge in [-0.25, -0.2) is 13.6 Å². The van der Waals surface area contributed by atoms with E-state index < -0.39 is 23.2 Å². The molecular formula is C13H8ClF2NO3. The van der Waals surface area contributed by atoms with E-state index in [0.29, 0.717) is 0 Å². The van der Waals surface area contributed by atoms with E-state index in [-0.39, 0.29) is 22.2 Å². The molecule has 0 spiro atoms. The summed E-state index contributed by atoms with van der Waals surface area (Å²) in [6, 6.07) is 5.15. The molecule has 4 nitrogen and oxygen atoms in total. The van der Waals surface area contributed by atoms with Gasteiger partial charge >= 0.3 is 5.97 Å². The van der Waals surface area contributed by atoms with Crippen molar-refractivity contribution < 1.29 is 23.4 Å². The minimum absolute atomic E-state index is 0.0212. The number of carboxylic acid groups (broad SMARTS) is 1. The molecule has 0 unspecified atom stereocenters. The Morgan fingerprint density at radius 2 is 1.90 bits per heavy atom. The van der Waals surface area contributed by atoms with Crippen LogP contribution < -0.4 is 10.5 Å². The summed E-state index contributed by atoms with van der Waals surface area (Å²) in [7, 11) is 0. The molecule has 0 aliphatic heterocycles. The van der Waals surface area contributed by atoms with Crippen LogP contribution in [0.4, 0.5) is 14.5 Å². The molecule has 20 heavy (non-hydrogen) atoms. The smallest absolute Gasteiger partial charge is 0.338 e. The van der Waals surface area contributed by atoms with Crippen LogP contribution in [0.5, 0.6) is 11.5 Å². The number of benzene rings is 2. The number of aromatic carboxylic acids is 1. The molecule has 0 amide bonds. The molecule has 0 bridgehead atoms. The summed E-state index contributed by atoms with van der Waals surface area (Å²) in [5.41, 5.74) is 4.93. The lowest BCUT2D eigenvalue weighted by Crippen LogP contribution is -2.03. The van der Waals surface area contributed by atoms with Crippen LogP contribution in [0.25, 0.3) is 0 Å². The van der Waals surface area contributed by atoms with Gasteiger partial charge in [0.15, 0.2) is 5.75 Å². The lowest BCUT2D eigenvalue weighted by molar-refractivity contribution is 0.0692. The molecule has 2 aromatic carbocycles. The molecule has 7 heteroatoms. The summed E-state index contributed by atoms with van der Waals surface area (Å²) in [5.74, 6) is -3.04. The normalized spacial score (nSPS) is 10.3. The number of anilines is 1. The molecule has 0 saturated carbocycles. The van der Waals surface area contributed by atoms with E-state index in [9.17, 15) is 13.6 Å². The van der Waals surface area contributed by atoms with Gasteiger partial charge in [0.05, 0.1) is 16.3 Å². The van der Waals surface area contributed by atoms with Gasteiger partial charge in [-0.2, -0.15) is 0 Å². The second-order valence-corrected chi connectivity index (χ2v) is 4.26. The maximum absolute atomic E-state index is 13.5. The summed E-state index contributed by atoms with van der Waals surface area (Å²) in [6.07, 6.45) is 0. The Balaban J connectivity index is 2.39. The zero-order valence-electron chi connectivity index (χ0n) is 9.86. The predicted molar refractivity (Wildman–Crippen MR) is 69.3 cm³/mol. The van der Waals surface area contributed by atoms with E-state index >= 15 is 0 Å². The number of nitrogen functional groups attached to an aromatic ring is 1. The van der Waals surface area contributed by atoms with Crippen molar-refractivity contribution in [2.24, 2.45) is 0 Å². The molecule has 2 aromatic rings. The Hall–Kier alpha value is -2.34. The van der Waals surface area contributed by atoms with Crippen molar-refractivity contribution in [3.8, 4) is 11.5 Å². The molecule has 2 rings (SSSR count). The Bertz CT molecular complexity index is 692. The lowest BCUT2D eigenvalue weighted by Gasteiger charge is -2.11. The van der Waals surface area contributed by atoms with Crippen molar-refractivity contribution in [1.82, 2.24) is 0 Å². The van der Waals surface area contributed by atoms with Crippen LogP contribution in [0.1, 0.15) is 10.4 Å². The third-order valence-electron chi connectivity index (χ3n) is 2.44. The fraction of sp³-hybridized carbons (Fsp3) is 0. The highest BCUT2D eigenvalue weighted by atomic mass is 35.5. The van der Waals surface area contributed by atoms with Crippen molar-refractivity contribution >= 4 is 23.3 Å². The van der Waals surface area contributed by atoms with Crippen molar-refractivity contribution in [1.29, 1.82) is 0 Å². The van der Waals surface area contributed by atoms with E-state index in [1.54, 1.807) is 0 Å². The summed E-state index contributed by atoms with van der Waals surface area (Å²) < 4.78 is 31.7. The fourth-order valence-electron chi connectivity index (χ4n) is 1.50. The largest absolute Gasteiger partial charge is 0.478 e. The van der Waals surface area contributed by atoms with E-state index in [1.165, 1.54) is 6.07 Å². The van der Waals surface area contributed by atoms with E-state index in [2.05, 4.69) is 0 Å². The molecule has 0 heterocycles. The van der Waals surface area contributed by atoms with Gasteiger partial charge in [-0.1, -0.05) is 11.6 Å². The highest BCUT2D eigenvalue weighted by Gasteiger charge is 2.15. The molecular weight excluding hydrogens is 292 g/mol. The van der Waals surface area contributed by atoms with Crippen LogP contribution in [-0.4, -0.2) is 11.1 Å². The topological polar surface area (TPSA) is 72.6 Å². The summed E-state index contributed by atoms with van der Waals surface area (Å²) in [5, 5.41) is 8.73. The van der Waals surface area contributed by atoms with Gasteiger partial charge in [-0.15, -0.1) is 0 Å². The molecule has 104 valence electrons. The van der Waals surface area contributed by atoms with Gasteiger partial charge in [-0.3, -0.25) is 0 Å². The van der Waals surface area contributed by atoms with Gasteiger partial charge in [-0.05, 0) is 24.3 Å². The second kappa shape index (κ2) is 5.34. The zero-order valence-corrected chi connectivity index (χ0v) is 10.6. The van der Waals surface area contributed by atoms with E-state index in [1.807, 2.05) is 0 Å². The zero-order chi connectivity index (χ0) is 14.9. The highest BCUT2D eigenvalue weighted by Crippen LogP contribution is 2.34. The molecule has 0 saturated heterocycles. The van der Waals surface area contributed by atoms with Gasteiger partial charge < -0.3 is 15.6 Å². The van der Waals surface area contributed by atoms with Gasteiger partial charge in [0.1, 0.15) is 17.4 Å². The predicted octanol–water partition coefficient (Wildman–Crippen LogP) is 3.69. The number of hydrogen-bond donors (Lipinski definition) is 2. The number of carbonyl (C=O) groups is 1. The van der Waals surface area contributed by atoms with Crippen LogP contribution in [0, 0.1) is 11.6 Å². The first-order valence-corrected chi connectivity index (χ1v) is 5.71. The number of ether oxygens (including phenoxy) is 1. The average molecular weight is 300 g/mol. The standard InChI is InChI=1S/C13H8ClF2NO3/c14-8-3-6(15)1-2-11(8)20-12-5-9(16)7(13(18)19)4-10(12)17/h1-5H,17H2,(H,18,19). The Labute approximate surface area is 117 Å². The summed E-state index contributed by atoms with van der Waals surface area (Å²) in [6.45, 7) is 0. The number of halogens is 3. The number of nitrogens with two attached hydrogens (primary N) is 1. The third-order valence-corrected chi connectivity index (χ3v) is 2.74. The fourth-order valence-corrected chi connectivity index (χ4v) is 1.71. The Kier molecular flexibility index (Phi) is 3.76. The lowest BCUT2D eigenvalue weighted by atomic mass is 10.1. The Morgan fingerprint density at radius 3 is 2.50 bits per heavy atom. The van der Waals surface area contributed by atoms with Crippen molar-refractivity contribution in [3.05, 3.63) is 52.6 Å². The SMILES string of the molecule is Nc1cc(C(=O)O)c(F)cc1Oc1ccc(F)cc1Cl. The number of hydrogen-bond acceptors (Lipinski definition) is 3. The first-order valence-electron chi connectivity index (χ1n) is 5.33. The van der Waals surface area contributed by atoms with Crippen LogP contribution in [0.3, 0.4) is 0 Å². The Morgan fingerprint density at radius 1 is 1.20 bits per heavy atom. The number of carboxylic acids is 1. The average Bonchev–Trinajstić information content (AvgIpc) is 2.36. The van der Waals surface area contributed by atoms with Gasteiger partial charge in [0.25, 0.3) is 0 Å². The van der Waals surface area contributed by atoms with Crippen LogP contribution >= 0.6 is 11.6 Å². The van der Waals surface area contributed by atoms with Crippen molar-refractivity contribution in [2.45, 2.75) is 0 Å². The van der Waals surface area contributed by atoms with Crippen molar-refractivity contribution in [2.75, 3.05) is 5.73 Å². The van der Waals surface area contributed by atoms with Crippen LogP contribution in [-0.2, 0) is 0 Å². The van der Waals surface area contributed by atoms with Crippen LogP contribution in [0.15, 0.2) is 30.3 Å². The minimum Gasteiger partial charge on any atom is -0.478 e. The maximum Gasteiger partial charge on any atom is 0.338 e. The van der Waals surface area contributed by atoms with Crippen molar-refractivity contribution in [3.63, 3.8) is 0 Å². The molecule has 0 radical (unpaired) electrons. The molecule has 0 aliphatic carbocycles. The summed E-state index contributed by atoms with van der Waals surface area (Å²) >= 11 is 5.76. The molecule has 0 atom stereocenters. The van der Waals surface area contributed by atoms with Crippen LogP contribution in [0.2, 0.25) is 5.02 Å². The monoisotopic (exact) mass is 299 g/mol. The van der Waals surface area contributed by atoms with E-state index in [4.69, 9.17) is 27.2 Å². The van der Waals surface area contributed by atoms with Gasteiger partial charge in [0, 0.05) is 6.07 Å².